The van der Waals surface area contributed by atoms with Crippen LogP contribution in [-0.4, -0.2) is 26.8 Å². The first-order valence-electron chi connectivity index (χ1n) is 4.00. The number of H-pyrrole nitrogens is 1. The molecule has 0 aliphatic rings. The van der Waals surface area contributed by atoms with Crippen molar-refractivity contribution in [2.75, 3.05) is 0 Å². The van der Waals surface area contributed by atoms with Crippen LogP contribution in [0.3, 0.4) is 0 Å². The number of nitrogens with zero attached hydrogens (tertiary/aromatic N) is 1. The molecule has 0 saturated heterocycles. The molecule has 0 bridgehead atoms. The second kappa shape index (κ2) is 3.36. The third-order valence-corrected chi connectivity index (χ3v) is 2.28. The summed E-state index contributed by atoms with van der Waals surface area (Å²) in [5, 5.41) is 9.21. The van der Waals surface area contributed by atoms with Gasteiger partial charge in [0, 0.05) is 17.8 Å². The molecular formula is C9H5ClN2O3. The summed E-state index contributed by atoms with van der Waals surface area (Å²) in [4.78, 5) is 28.4. The molecule has 0 saturated carbocycles. The molecule has 0 amide bonds. The Morgan fingerprint density at radius 1 is 1.47 bits per heavy atom. The van der Waals surface area contributed by atoms with Crippen molar-refractivity contribution in [2.45, 2.75) is 0 Å². The zero-order chi connectivity index (χ0) is 11.0. The first kappa shape index (κ1) is 9.67. The minimum absolute atomic E-state index is 0.0237. The zero-order valence-electron chi connectivity index (χ0n) is 7.32. The Labute approximate surface area is 88.7 Å². The van der Waals surface area contributed by atoms with Crippen LogP contribution in [-0.2, 0) is 4.79 Å². The predicted molar refractivity (Wildman–Crippen MR) is 53.1 cm³/mol. The smallest absolute Gasteiger partial charge is 0.377 e. The van der Waals surface area contributed by atoms with Crippen LogP contribution in [0.15, 0.2) is 18.5 Å². The molecule has 0 aliphatic heterocycles. The molecule has 6 heteroatoms. The van der Waals surface area contributed by atoms with E-state index in [-0.39, 0.29) is 5.56 Å². The number of Topliss-reactive ketones (excluding diaryl/α,β-unsaturated/α-hetero) is 1. The Morgan fingerprint density at radius 2 is 2.20 bits per heavy atom. The molecular weight excluding hydrogens is 220 g/mol. The standard InChI is InChI=1S/C9H5ClN2O3/c10-5-1-2-11-8-6(5)4(3-12-8)7(13)9(14)15/h1-3H,(H,11,12)(H,14,15). The number of halogens is 1. The fourth-order valence-corrected chi connectivity index (χ4v) is 1.56. The summed E-state index contributed by atoms with van der Waals surface area (Å²) in [5.74, 6) is -2.52. The lowest BCUT2D eigenvalue weighted by atomic mass is 10.1. The van der Waals surface area contributed by atoms with Gasteiger partial charge in [0.15, 0.2) is 0 Å². The minimum atomic E-state index is -1.52. The van der Waals surface area contributed by atoms with Gasteiger partial charge in [0.1, 0.15) is 5.65 Å². The molecule has 2 aromatic heterocycles. The van der Waals surface area contributed by atoms with Gasteiger partial charge in [0.25, 0.3) is 5.78 Å². The molecule has 76 valence electrons. The molecule has 2 N–H and O–H groups in total. The van der Waals surface area contributed by atoms with Gasteiger partial charge in [-0.15, -0.1) is 0 Å². The molecule has 0 unspecified atom stereocenters. The van der Waals surface area contributed by atoms with Crippen molar-refractivity contribution >= 4 is 34.4 Å². The third-order valence-electron chi connectivity index (χ3n) is 1.96. The van der Waals surface area contributed by atoms with E-state index in [0.717, 1.165) is 0 Å². The van der Waals surface area contributed by atoms with Crippen LogP contribution in [0.5, 0.6) is 0 Å². The summed E-state index contributed by atoms with van der Waals surface area (Å²) in [7, 11) is 0. The molecule has 0 spiro atoms. The molecule has 0 fully saturated rings. The average molecular weight is 225 g/mol. The number of nitrogens with one attached hydrogen (secondary N) is 1. The van der Waals surface area contributed by atoms with E-state index in [1.54, 1.807) is 0 Å². The number of ketones is 1. The highest BCUT2D eigenvalue weighted by atomic mass is 35.5. The Kier molecular flexibility index (Phi) is 2.17. The second-order valence-corrected chi connectivity index (χ2v) is 3.26. The molecule has 0 atom stereocenters. The van der Waals surface area contributed by atoms with Gasteiger partial charge in [-0.25, -0.2) is 9.78 Å². The number of carbonyl (C=O) groups excluding carboxylic acids is 1. The molecule has 2 heterocycles. The lowest BCUT2D eigenvalue weighted by molar-refractivity contribution is -0.131. The van der Waals surface area contributed by atoms with E-state index in [1.807, 2.05) is 0 Å². The Balaban J connectivity index is 2.73. The summed E-state index contributed by atoms with van der Waals surface area (Å²) in [5.41, 5.74) is 0.419. The number of rotatable bonds is 2. The van der Waals surface area contributed by atoms with Crippen LogP contribution in [0.2, 0.25) is 5.02 Å². The van der Waals surface area contributed by atoms with Crippen LogP contribution in [0, 0.1) is 0 Å². The molecule has 2 aromatic rings. The number of carboxylic acids is 1. The molecule has 15 heavy (non-hydrogen) atoms. The van der Waals surface area contributed by atoms with E-state index < -0.39 is 11.8 Å². The third kappa shape index (κ3) is 1.46. The van der Waals surface area contributed by atoms with Gasteiger partial charge >= 0.3 is 5.97 Å². The average Bonchev–Trinajstić information content (AvgIpc) is 2.61. The quantitative estimate of drug-likeness (QED) is 0.598. The van der Waals surface area contributed by atoms with E-state index >= 15 is 0 Å². The minimum Gasteiger partial charge on any atom is -0.475 e. The predicted octanol–water partition coefficient (Wildman–Crippen LogP) is 1.48. The van der Waals surface area contributed by atoms with Gasteiger partial charge in [-0.1, -0.05) is 11.6 Å². The lowest BCUT2D eigenvalue weighted by Gasteiger charge is -1.95. The highest BCUT2D eigenvalue weighted by Gasteiger charge is 2.20. The maximum Gasteiger partial charge on any atom is 0.377 e. The number of fused-ring (bicyclic) bond motifs is 1. The van der Waals surface area contributed by atoms with Crippen molar-refractivity contribution in [1.82, 2.24) is 9.97 Å². The summed E-state index contributed by atoms with van der Waals surface area (Å²) in [6.45, 7) is 0. The summed E-state index contributed by atoms with van der Waals surface area (Å²) in [6.07, 6.45) is 2.76. The maximum atomic E-state index is 11.3. The van der Waals surface area contributed by atoms with Gasteiger partial charge in [-0.2, -0.15) is 0 Å². The van der Waals surface area contributed by atoms with Crippen molar-refractivity contribution in [3.05, 3.63) is 29.0 Å². The van der Waals surface area contributed by atoms with Crippen LogP contribution in [0.25, 0.3) is 11.0 Å². The van der Waals surface area contributed by atoms with E-state index in [1.165, 1.54) is 18.5 Å². The van der Waals surface area contributed by atoms with Gasteiger partial charge < -0.3 is 10.1 Å². The Bertz CT molecular complexity index is 561. The van der Waals surface area contributed by atoms with Gasteiger partial charge in [-0.3, -0.25) is 4.79 Å². The first-order chi connectivity index (χ1) is 7.11. The molecule has 0 aromatic carbocycles. The Hall–Kier alpha value is -1.88. The normalized spacial score (nSPS) is 10.5. The fourth-order valence-electron chi connectivity index (χ4n) is 1.31. The van der Waals surface area contributed by atoms with E-state index in [2.05, 4.69) is 9.97 Å². The lowest BCUT2D eigenvalue weighted by Crippen LogP contribution is -2.12. The highest BCUT2D eigenvalue weighted by molar-refractivity contribution is 6.44. The van der Waals surface area contributed by atoms with Gasteiger partial charge in [0.2, 0.25) is 0 Å². The van der Waals surface area contributed by atoms with Crippen LogP contribution >= 0.6 is 11.6 Å². The van der Waals surface area contributed by atoms with Crippen molar-refractivity contribution in [2.24, 2.45) is 0 Å². The highest BCUT2D eigenvalue weighted by Crippen LogP contribution is 2.25. The molecule has 0 radical (unpaired) electrons. The zero-order valence-corrected chi connectivity index (χ0v) is 8.08. The number of carbonyl (C=O) groups is 2. The van der Waals surface area contributed by atoms with E-state index in [0.29, 0.717) is 16.1 Å². The van der Waals surface area contributed by atoms with Crippen molar-refractivity contribution < 1.29 is 14.7 Å². The van der Waals surface area contributed by atoms with Gasteiger partial charge in [-0.05, 0) is 6.07 Å². The second-order valence-electron chi connectivity index (χ2n) is 2.85. The summed E-state index contributed by atoms with van der Waals surface area (Å²) >= 11 is 5.85. The number of aliphatic carboxylic acids is 1. The Morgan fingerprint density at radius 3 is 2.87 bits per heavy atom. The largest absolute Gasteiger partial charge is 0.475 e. The molecule has 0 aliphatic carbocycles. The van der Waals surface area contributed by atoms with Crippen molar-refractivity contribution in [3.63, 3.8) is 0 Å². The molecule has 2 rings (SSSR count). The topological polar surface area (TPSA) is 83.0 Å². The number of hydrogen-bond acceptors (Lipinski definition) is 3. The maximum absolute atomic E-state index is 11.3. The monoisotopic (exact) mass is 224 g/mol. The number of hydrogen-bond donors (Lipinski definition) is 2. The van der Waals surface area contributed by atoms with Crippen LogP contribution in [0.4, 0.5) is 0 Å². The summed E-state index contributed by atoms with van der Waals surface area (Å²) in [6, 6.07) is 1.50. The fraction of sp³-hybridized carbons (Fsp3) is 0. The SMILES string of the molecule is O=C(O)C(=O)c1c[nH]c2nccc(Cl)c12. The van der Waals surface area contributed by atoms with E-state index in [4.69, 9.17) is 16.7 Å². The van der Waals surface area contributed by atoms with E-state index in [9.17, 15) is 9.59 Å². The number of pyridine rings is 1. The van der Waals surface area contributed by atoms with Crippen molar-refractivity contribution in [3.8, 4) is 0 Å². The van der Waals surface area contributed by atoms with Gasteiger partial charge in [0.05, 0.1) is 10.6 Å². The number of aromatic nitrogens is 2. The van der Waals surface area contributed by atoms with Crippen LogP contribution in [0.1, 0.15) is 10.4 Å². The van der Waals surface area contributed by atoms with Crippen LogP contribution < -0.4 is 0 Å². The summed E-state index contributed by atoms with van der Waals surface area (Å²) < 4.78 is 0. The number of carboxylic acid groups (broad SMARTS) is 1. The number of aromatic amines is 1. The first-order valence-corrected chi connectivity index (χ1v) is 4.38. The molecule has 5 nitrogen and oxygen atoms in total. The van der Waals surface area contributed by atoms with Crippen molar-refractivity contribution in [1.29, 1.82) is 0 Å².